The predicted molar refractivity (Wildman–Crippen MR) is 52.2 cm³/mol. The van der Waals surface area contributed by atoms with Crippen molar-refractivity contribution >= 4 is 18.2 Å². The molecule has 0 unspecified atom stereocenters. The number of H-pyrrole nitrogens is 1. The lowest BCUT2D eigenvalue weighted by molar-refractivity contribution is 0.457. The van der Waals surface area contributed by atoms with E-state index >= 15 is 0 Å². The summed E-state index contributed by atoms with van der Waals surface area (Å²) >= 11 is 4.97. The summed E-state index contributed by atoms with van der Waals surface area (Å²) < 4.78 is 7.36. The maximum atomic E-state index is 5.58. The van der Waals surface area contributed by atoms with E-state index in [9.17, 15) is 0 Å². The average molecular weight is 211 g/mol. The zero-order valence-electron chi connectivity index (χ0n) is 7.52. The van der Waals surface area contributed by atoms with Gasteiger partial charge in [-0.1, -0.05) is 0 Å². The number of aryl methyl sites for hydroxylation is 1. The van der Waals surface area contributed by atoms with Crippen LogP contribution < -0.4 is 5.73 Å². The Labute approximate surface area is 84.8 Å². The highest BCUT2D eigenvalue weighted by atomic mass is 32.1. The number of rotatable bonds is 2. The Kier molecular flexibility index (Phi) is 2.08. The standard InChI is InChI=1S/C7H9N5OS/c1-4-2-9-5(13-4)3-12-6(8)10-11-7(12)14/h2H,3H2,1H3,(H2,8,10)(H,11,14). The van der Waals surface area contributed by atoms with Crippen LogP contribution in [0.2, 0.25) is 0 Å². The van der Waals surface area contributed by atoms with Gasteiger partial charge in [-0.25, -0.2) is 10.1 Å². The minimum Gasteiger partial charge on any atom is -0.444 e. The molecule has 14 heavy (non-hydrogen) atoms. The Balaban J connectivity index is 2.31. The Morgan fingerprint density at radius 2 is 2.50 bits per heavy atom. The lowest BCUT2D eigenvalue weighted by Gasteiger charge is -1.98. The maximum Gasteiger partial charge on any atom is 0.220 e. The molecule has 0 radical (unpaired) electrons. The van der Waals surface area contributed by atoms with Crippen LogP contribution in [-0.2, 0) is 6.54 Å². The predicted octanol–water partition coefficient (Wildman–Crippen LogP) is 0.868. The lowest BCUT2D eigenvalue weighted by Crippen LogP contribution is -2.04. The van der Waals surface area contributed by atoms with E-state index in [2.05, 4.69) is 15.2 Å². The molecule has 74 valence electrons. The Morgan fingerprint density at radius 3 is 3.00 bits per heavy atom. The number of oxazole rings is 1. The smallest absolute Gasteiger partial charge is 0.220 e. The number of nitrogens with one attached hydrogen (secondary N) is 1. The van der Waals surface area contributed by atoms with E-state index in [1.165, 1.54) is 0 Å². The first-order valence-electron chi connectivity index (χ1n) is 3.99. The van der Waals surface area contributed by atoms with E-state index in [-0.39, 0.29) is 0 Å². The third-order valence-corrected chi connectivity index (χ3v) is 2.06. The summed E-state index contributed by atoms with van der Waals surface area (Å²) in [6, 6.07) is 0. The third kappa shape index (κ3) is 1.53. The summed E-state index contributed by atoms with van der Waals surface area (Å²) in [5.74, 6) is 1.64. The second kappa shape index (κ2) is 3.26. The van der Waals surface area contributed by atoms with Crippen molar-refractivity contribution in [2.75, 3.05) is 5.73 Å². The van der Waals surface area contributed by atoms with Crippen molar-refractivity contribution < 1.29 is 4.42 Å². The van der Waals surface area contributed by atoms with Crippen LogP contribution in [0.3, 0.4) is 0 Å². The monoisotopic (exact) mass is 211 g/mol. The first-order chi connectivity index (χ1) is 6.66. The highest BCUT2D eigenvalue weighted by Gasteiger charge is 2.06. The normalized spacial score (nSPS) is 10.6. The highest BCUT2D eigenvalue weighted by molar-refractivity contribution is 7.71. The molecule has 0 saturated heterocycles. The van der Waals surface area contributed by atoms with Gasteiger partial charge in [-0.2, -0.15) is 0 Å². The summed E-state index contributed by atoms with van der Waals surface area (Å²) in [5, 5.41) is 6.36. The van der Waals surface area contributed by atoms with Crippen LogP contribution in [0, 0.1) is 11.7 Å². The molecule has 0 aliphatic carbocycles. The van der Waals surface area contributed by atoms with Crippen molar-refractivity contribution in [2.45, 2.75) is 13.5 Å². The second-order valence-corrected chi connectivity index (χ2v) is 3.22. The lowest BCUT2D eigenvalue weighted by atomic mass is 10.6. The number of hydrogen-bond acceptors (Lipinski definition) is 5. The minimum absolute atomic E-state index is 0.325. The zero-order valence-corrected chi connectivity index (χ0v) is 8.34. The van der Waals surface area contributed by atoms with Crippen LogP contribution >= 0.6 is 12.2 Å². The summed E-state index contributed by atoms with van der Waals surface area (Å²) in [6.45, 7) is 2.23. The highest BCUT2D eigenvalue weighted by Crippen LogP contribution is 2.07. The fourth-order valence-corrected chi connectivity index (χ4v) is 1.30. The third-order valence-electron chi connectivity index (χ3n) is 1.75. The molecule has 0 amide bonds. The summed E-state index contributed by atoms with van der Waals surface area (Å²) in [4.78, 5) is 4.04. The molecule has 2 aromatic rings. The van der Waals surface area contributed by atoms with E-state index in [4.69, 9.17) is 22.4 Å². The van der Waals surface area contributed by atoms with Crippen molar-refractivity contribution in [2.24, 2.45) is 0 Å². The number of hydrogen-bond donors (Lipinski definition) is 2. The first-order valence-corrected chi connectivity index (χ1v) is 4.39. The largest absolute Gasteiger partial charge is 0.444 e. The molecule has 0 saturated carbocycles. The zero-order chi connectivity index (χ0) is 10.1. The van der Waals surface area contributed by atoms with E-state index in [1.54, 1.807) is 10.8 Å². The first kappa shape index (κ1) is 8.95. The molecular weight excluding hydrogens is 202 g/mol. The van der Waals surface area contributed by atoms with Gasteiger partial charge in [-0.05, 0) is 19.1 Å². The number of aromatic nitrogens is 4. The van der Waals surface area contributed by atoms with Crippen molar-refractivity contribution in [1.82, 2.24) is 19.7 Å². The number of nitrogens with two attached hydrogens (primary N) is 1. The maximum absolute atomic E-state index is 5.58. The topological polar surface area (TPSA) is 85.7 Å². The van der Waals surface area contributed by atoms with Crippen LogP contribution in [0.1, 0.15) is 11.7 Å². The second-order valence-electron chi connectivity index (χ2n) is 2.84. The molecule has 0 fully saturated rings. The van der Waals surface area contributed by atoms with Gasteiger partial charge >= 0.3 is 0 Å². The van der Waals surface area contributed by atoms with Gasteiger partial charge in [0.05, 0.1) is 6.20 Å². The van der Waals surface area contributed by atoms with Crippen molar-refractivity contribution in [3.63, 3.8) is 0 Å². The van der Waals surface area contributed by atoms with Crippen LogP contribution in [0.25, 0.3) is 0 Å². The van der Waals surface area contributed by atoms with Gasteiger partial charge < -0.3 is 10.2 Å². The Hall–Kier alpha value is -1.63. The fraction of sp³-hybridized carbons (Fsp3) is 0.286. The van der Waals surface area contributed by atoms with Crippen molar-refractivity contribution in [1.29, 1.82) is 0 Å². The molecule has 0 aliphatic heterocycles. The van der Waals surface area contributed by atoms with Crippen molar-refractivity contribution in [3.8, 4) is 0 Å². The molecule has 0 bridgehead atoms. The van der Waals surface area contributed by atoms with Gasteiger partial charge in [-0.3, -0.25) is 4.57 Å². The molecule has 0 aromatic carbocycles. The van der Waals surface area contributed by atoms with Crippen molar-refractivity contribution in [3.05, 3.63) is 22.6 Å². The average Bonchev–Trinajstić information content (AvgIpc) is 2.67. The van der Waals surface area contributed by atoms with Gasteiger partial charge in [0.25, 0.3) is 0 Å². The SMILES string of the molecule is Cc1cnc(Cn2c(N)n[nH]c2=S)o1. The van der Waals surface area contributed by atoms with Crippen LogP contribution in [0.15, 0.2) is 10.6 Å². The van der Waals surface area contributed by atoms with Gasteiger partial charge in [0, 0.05) is 0 Å². The molecule has 0 spiro atoms. The number of anilines is 1. The molecular formula is C7H9N5OS. The van der Waals surface area contributed by atoms with Gasteiger partial charge in [0.2, 0.25) is 11.8 Å². The Morgan fingerprint density at radius 1 is 1.71 bits per heavy atom. The molecule has 0 atom stereocenters. The summed E-state index contributed by atoms with van der Waals surface area (Å²) in [5.41, 5.74) is 5.58. The van der Waals surface area contributed by atoms with E-state index < -0.39 is 0 Å². The molecule has 2 aromatic heterocycles. The van der Waals surface area contributed by atoms with Gasteiger partial charge in [-0.15, -0.1) is 5.10 Å². The van der Waals surface area contributed by atoms with E-state index in [0.717, 1.165) is 5.76 Å². The number of nitrogens with zero attached hydrogens (tertiary/aromatic N) is 3. The van der Waals surface area contributed by atoms with E-state index in [1.807, 2.05) is 6.92 Å². The minimum atomic E-state index is 0.325. The molecule has 2 rings (SSSR count). The van der Waals surface area contributed by atoms with E-state index in [0.29, 0.717) is 23.2 Å². The molecule has 2 heterocycles. The molecule has 0 aliphatic rings. The number of aromatic amines is 1. The van der Waals surface area contributed by atoms with Crippen LogP contribution in [-0.4, -0.2) is 19.7 Å². The van der Waals surface area contributed by atoms with Gasteiger partial charge in [0.1, 0.15) is 12.3 Å². The number of nitrogen functional groups attached to an aromatic ring is 1. The van der Waals surface area contributed by atoms with Gasteiger partial charge in [0.15, 0.2) is 4.77 Å². The molecule has 3 N–H and O–H groups in total. The molecule has 6 nitrogen and oxygen atoms in total. The Bertz CT molecular complexity index is 496. The quantitative estimate of drug-likeness (QED) is 0.720. The summed E-state index contributed by atoms with van der Waals surface area (Å²) in [7, 11) is 0. The molecule has 7 heteroatoms. The summed E-state index contributed by atoms with van der Waals surface area (Å²) in [6.07, 6.45) is 1.65. The van der Waals surface area contributed by atoms with Crippen LogP contribution in [0.4, 0.5) is 5.95 Å². The fourth-order valence-electron chi connectivity index (χ4n) is 1.09. The van der Waals surface area contributed by atoms with Crippen LogP contribution in [0.5, 0.6) is 0 Å².